The Kier molecular flexibility index (Phi) is 7.00. The number of benzene rings is 1. The van der Waals surface area contributed by atoms with Gasteiger partial charge in [-0.15, -0.1) is 22.6 Å². The van der Waals surface area contributed by atoms with E-state index in [1.54, 1.807) is 18.1 Å². The van der Waals surface area contributed by atoms with Crippen LogP contribution >= 0.6 is 12.4 Å². The molecule has 2 fully saturated rings. The molecule has 1 unspecified atom stereocenters. The van der Waals surface area contributed by atoms with Gasteiger partial charge in [-0.25, -0.2) is 0 Å². The summed E-state index contributed by atoms with van der Waals surface area (Å²) in [4.78, 5) is 31.4. The van der Waals surface area contributed by atoms with Crippen molar-refractivity contribution in [3.05, 3.63) is 41.5 Å². The Labute approximate surface area is 188 Å². The van der Waals surface area contributed by atoms with Crippen LogP contribution in [0.4, 0.5) is 11.5 Å². The molecule has 2 aromatic rings. The van der Waals surface area contributed by atoms with Crippen molar-refractivity contribution in [2.24, 2.45) is 5.92 Å². The normalized spacial score (nSPS) is 18.7. The molecule has 1 atom stereocenters. The van der Waals surface area contributed by atoms with Crippen molar-refractivity contribution < 1.29 is 14.3 Å². The van der Waals surface area contributed by atoms with Gasteiger partial charge in [-0.1, -0.05) is 6.07 Å². The van der Waals surface area contributed by atoms with Gasteiger partial charge in [0.25, 0.3) is 0 Å². The number of methoxy groups -OCH3 is 1. The van der Waals surface area contributed by atoms with Crippen molar-refractivity contribution in [1.82, 2.24) is 15.1 Å². The average molecular weight is 446 g/mol. The molecule has 0 spiro atoms. The van der Waals surface area contributed by atoms with Gasteiger partial charge in [0.05, 0.1) is 13.0 Å². The Bertz CT molecular complexity index is 945. The van der Waals surface area contributed by atoms with Gasteiger partial charge >= 0.3 is 0 Å². The topological polar surface area (TPSA) is 78.9 Å². The molecule has 2 saturated heterocycles. The van der Waals surface area contributed by atoms with E-state index >= 15 is 0 Å². The van der Waals surface area contributed by atoms with Gasteiger partial charge in [0.15, 0.2) is 5.82 Å². The number of hydrogen-bond acceptors (Lipinski definition) is 6. The van der Waals surface area contributed by atoms with Crippen molar-refractivity contribution in [2.75, 3.05) is 49.6 Å². The van der Waals surface area contributed by atoms with Crippen molar-refractivity contribution in [1.29, 1.82) is 0 Å². The monoisotopic (exact) mass is 445 g/mol. The van der Waals surface area contributed by atoms with Crippen molar-refractivity contribution in [3.8, 4) is 5.88 Å². The Balaban J connectivity index is 0.00000272. The summed E-state index contributed by atoms with van der Waals surface area (Å²) in [6.07, 6.45) is 0.274. The maximum Gasteiger partial charge on any atom is 0.233 e. The van der Waals surface area contributed by atoms with Crippen LogP contribution in [-0.4, -0.2) is 66.7 Å². The van der Waals surface area contributed by atoms with Crippen LogP contribution < -0.4 is 14.5 Å². The van der Waals surface area contributed by atoms with Crippen molar-refractivity contribution >= 4 is 35.7 Å². The van der Waals surface area contributed by atoms with Gasteiger partial charge in [0.2, 0.25) is 17.7 Å². The Morgan fingerprint density at radius 2 is 1.77 bits per heavy atom. The van der Waals surface area contributed by atoms with Gasteiger partial charge in [-0.2, -0.15) is 0 Å². The first kappa shape index (κ1) is 22.8. The summed E-state index contributed by atoms with van der Waals surface area (Å²) < 4.78 is 5.05. The molecule has 3 heterocycles. The second kappa shape index (κ2) is 9.51. The summed E-state index contributed by atoms with van der Waals surface area (Å²) in [6, 6.07) is 9.66. The highest BCUT2D eigenvalue weighted by atomic mass is 35.5. The fourth-order valence-electron chi connectivity index (χ4n) is 4.02. The fourth-order valence-corrected chi connectivity index (χ4v) is 4.02. The molecule has 1 aromatic heterocycles. The minimum absolute atomic E-state index is 0. The molecule has 0 N–H and O–H groups in total. The minimum Gasteiger partial charge on any atom is -0.480 e. The van der Waals surface area contributed by atoms with E-state index in [1.807, 2.05) is 36.1 Å². The van der Waals surface area contributed by atoms with Gasteiger partial charge in [0, 0.05) is 50.9 Å². The third-order valence-corrected chi connectivity index (χ3v) is 6.03. The highest BCUT2D eigenvalue weighted by molar-refractivity contribution is 6.00. The second-order valence-corrected chi connectivity index (χ2v) is 7.92. The first-order valence-corrected chi connectivity index (χ1v) is 10.3. The van der Waals surface area contributed by atoms with Gasteiger partial charge in [0.1, 0.15) is 0 Å². The molecule has 2 amide bonds. The molecule has 0 aliphatic carbocycles. The van der Waals surface area contributed by atoms with Crippen molar-refractivity contribution in [2.45, 2.75) is 20.3 Å². The van der Waals surface area contributed by atoms with E-state index in [-0.39, 0.29) is 36.6 Å². The fraction of sp³-hybridized carbons (Fsp3) is 0.455. The Morgan fingerprint density at radius 1 is 1.03 bits per heavy atom. The molecule has 0 radical (unpaired) electrons. The van der Waals surface area contributed by atoms with Crippen LogP contribution in [0.25, 0.3) is 0 Å². The Morgan fingerprint density at radius 3 is 2.39 bits per heavy atom. The average Bonchev–Trinajstić information content (AvgIpc) is 3.17. The molecule has 0 bridgehead atoms. The molecular weight excluding hydrogens is 418 g/mol. The number of ether oxygens (including phenoxy) is 1. The molecule has 0 saturated carbocycles. The van der Waals surface area contributed by atoms with Gasteiger partial charge < -0.3 is 19.4 Å². The maximum absolute atomic E-state index is 13.1. The van der Waals surface area contributed by atoms with Gasteiger partial charge in [-0.05, 0) is 43.2 Å². The van der Waals surface area contributed by atoms with Crippen LogP contribution in [0.1, 0.15) is 17.5 Å². The number of carbonyl (C=O) groups is 2. The van der Waals surface area contributed by atoms with Crippen LogP contribution in [0.3, 0.4) is 0 Å². The summed E-state index contributed by atoms with van der Waals surface area (Å²) in [6.45, 7) is 7.14. The quantitative estimate of drug-likeness (QED) is 0.718. The lowest BCUT2D eigenvalue weighted by Crippen LogP contribution is -2.51. The number of hydrogen-bond donors (Lipinski definition) is 0. The number of aryl methyl sites for hydroxylation is 2. The van der Waals surface area contributed by atoms with E-state index in [0.717, 1.165) is 17.1 Å². The highest BCUT2D eigenvalue weighted by Gasteiger charge is 2.38. The molecule has 166 valence electrons. The molecule has 31 heavy (non-hydrogen) atoms. The zero-order valence-electron chi connectivity index (χ0n) is 18.1. The smallest absolute Gasteiger partial charge is 0.233 e. The zero-order valence-corrected chi connectivity index (χ0v) is 18.9. The van der Waals surface area contributed by atoms with E-state index < -0.39 is 0 Å². The van der Waals surface area contributed by atoms with Crippen LogP contribution in [0, 0.1) is 19.8 Å². The van der Waals surface area contributed by atoms with Crippen LogP contribution in [-0.2, 0) is 9.59 Å². The summed E-state index contributed by atoms with van der Waals surface area (Å²) in [5, 5.41) is 8.19. The van der Waals surface area contributed by atoms with E-state index in [4.69, 9.17) is 4.74 Å². The number of amides is 2. The summed E-state index contributed by atoms with van der Waals surface area (Å²) >= 11 is 0. The second-order valence-electron chi connectivity index (χ2n) is 7.92. The number of rotatable bonds is 4. The Hall–Kier alpha value is -2.87. The molecule has 8 nitrogen and oxygen atoms in total. The molecule has 4 rings (SSSR count). The highest BCUT2D eigenvalue weighted by Crippen LogP contribution is 2.28. The summed E-state index contributed by atoms with van der Waals surface area (Å²) in [5.41, 5.74) is 3.21. The molecule has 2 aliphatic heterocycles. The molecule has 2 aliphatic rings. The van der Waals surface area contributed by atoms with Crippen LogP contribution in [0.5, 0.6) is 5.88 Å². The predicted octanol–water partition coefficient (Wildman–Crippen LogP) is 2.23. The first-order chi connectivity index (χ1) is 14.5. The summed E-state index contributed by atoms with van der Waals surface area (Å²) in [5.74, 6) is 1.05. The number of nitrogens with zero attached hydrogens (tertiary/aromatic N) is 5. The van der Waals surface area contributed by atoms with E-state index in [1.165, 1.54) is 5.56 Å². The lowest BCUT2D eigenvalue weighted by Gasteiger charge is -2.36. The van der Waals surface area contributed by atoms with E-state index in [2.05, 4.69) is 22.0 Å². The molecular formula is C22H28ClN5O3. The molecule has 9 heteroatoms. The third kappa shape index (κ3) is 4.74. The largest absolute Gasteiger partial charge is 0.480 e. The number of halogens is 1. The third-order valence-electron chi connectivity index (χ3n) is 6.03. The van der Waals surface area contributed by atoms with Crippen LogP contribution in [0.2, 0.25) is 0 Å². The lowest BCUT2D eigenvalue weighted by atomic mass is 10.1. The lowest BCUT2D eigenvalue weighted by molar-refractivity contribution is -0.136. The van der Waals surface area contributed by atoms with Crippen molar-refractivity contribution in [3.63, 3.8) is 0 Å². The number of aromatic nitrogens is 2. The zero-order chi connectivity index (χ0) is 21.3. The summed E-state index contributed by atoms with van der Waals surface area (Å²) in [7, 11) is 1.56. The predicted molar refractivity (Wildman–Crippen MR) is 121 cm³/mol. The minimum atomic E-state index is -0.286. The number of piperazine rings is 1. The van der Waals surface area contributed by atoms with E-state index in [9.17, 15) is 9.59 Å². The number of anilines is 2. The van der Waals surface area contributed by atoms with Gasteiger partial charge in [-0.3, -0.25) is 9.59 Å². The number of carbonyl (C=O) groups excluding carboxylic acids is 2. The SMILES string of the molecule is COc1ccc(N2CCN(C(=O)C3CC(=O)N(c4ccc(C)c(C)c4)C3)CC2)nn1.Cl. The van der Waals surface area contributed by atoms with Crippen LogP contribution in [0.15, 0.2) is 30.3 Å². The molecule has 1 aromatic carbocycles. The maximum atomic E-state index is 13.1. The van der Waals surface area contributed by atoms with E-state index in [0.29, 0.717) is 38.6 Å². The first-order valence-electron chi connectivity index (χ1n) is 10.3. The standard InChI is InChI=1S/C22H27N5O3.ClH/c1-15-4-5-18(12-16(15)2)27-14-17(13-21(27)28)22(29)26-10-8-25(9-11-26)19-6-7-20(30-3)24-23-19;/h4-7,12,17H,8-11,13-14H2,1-3H3;1H.